The average molecular weight is 544 g/mol. The van der Waals surface area contributed by atoms with Gasteiger partial charge >= 0.3 is 0 Å². The Hall–Kier alpha value is 3.19. The van der Waals surface area contributed by atoms with Crippen LogP contribution in [-0.2, 0) is 99.6 Å². The van der Waals surface area contributed by atoms with E-state index in [0.717, 1.165) is 0 Å². The predicted octanol–water partition coefficient (Wildman–Crippen LogP) is -0.0125. The maximum atomic E-state index is 0. The molecule has 0 nitrogen and oxygen atoms in total. The molecule has 0 N–H and O–H groups in total. The van der Waals surface area contributed by atoms with E-state index in [1.165, 1.54) is 0 Å². The quantitative estimate of drug-likeness (QED) is 0.377. The zero-order chi connectivity index (χ0) is 0. The fourth-order valence-electron chi connectivity index (χ4n) is 0. The van der Waals surface area contributed by atoms with Gasteiger partial charge < -0.3 is 0 Å². The summed E-state index contributed by atoms with van der Waals surface area (Å²) in [4.78, 5) is 0. The molecule has 0 saturated heterocycles. The summed E-state index contributed by atoms with van der Waals surface area (Å²) in [5, 5.41) is 0. The molecule has 0 aromatic rings. The fourth-order valence-corrected chi connectivity index (χ4v) is 0. The minimum absolute atomic E-state index is 0. The molecule has 5 heavy (non-hydrogen) atoms. The van der Waals surface area contributed by atoms with Crippen LogP contribution in [0.25, 0.3) is 0 Å². The van der Waals surface area contributed by atoms with Crippen molar-refractivity contribution in [3.63, 3.8) is 0 Å². The van der Waals surface area contributed by atoms with Crippen molar-refractivity contribution in [1.29, 1.82) is 0 Å². The van der Waals surface area contributed by atoms with Crippen molar-refractivity contribution >= 4 is 0 Å². The van der Waals surface area contributed by atoms with E-state index in [0.29, 0.717) is 0 Å². The van der Waals surface area contributed by atoms with Gasteiger partial charge in [0.1, 0.15) is 0 Å². The van der Waals surface area contributed by atoms with E-state index in [1.54, 1.807) is 0 Å². The normalized spacial score (nSPS) is 0. The largest absolute Gasteiger partial charge is 0 e. The van der Waals surface area contributed by atoms with Crippen LogP contribution < -0.4 is 0 Å². The van der Waals surface area contributed by atoms with Gasteiger partial charge in [-0.2, -0.15) is 0 Å². The van der Waals surface area contributed by atoms with Gasteiger partial charge in [-0.1, -0.05) is 0 Å². The Morgan fingerprint density at radius 2 is 1.00 bits per heavy atom. The molecule has 0 amide bonds. The van der Waals surface area contributed by atoms with Crippen molar-refractivity contribution in [3.05, 3.63) is 0 Å². The number of rotatable bonds is 0. The summed E-state index contributed by atoms with van der Waals surface area (Å²) >= 11 is 0. The first-order chi connectivity index (χ1) is 0. The van der Waals surface area contributed by atoms with Crippen LogP contribution in [0.4, 0.5) is 0 Å². The zero-order valence-corrected chi connectivity index (χ0v) is 10.8. The third-order valence-electron chi connectivity index (χ3n) is 0. The third-order valence-corrected chi connectivity index (χ3v) is 0. The number of hydrogen-bond donors (Lipinski definition) is 0. The van der Waals surface area contributed by atoms with E-state index in [-0.39, 0.29) is 99.6 Å². The molecule has 0 heterocycles. The van der Waals surface area contributed by atoms with Crippen molar-refractivity contribution in [2.45, 2.75) is 0 Å². The van der Waals surface area contributed by atoms with Crippen molar-refractivity contribution in [3.8, 4) is 0 Å². The van der Waals surface area contributed by atoms with Gasteiger partial charge in [0, 0.05) is 99.6 Å². The standard InChI is InChI=1S/Au.Cr.Cu.Ti.W. The molecule has 0 aliphatic carbocycles. The molecule has 0 atom stereocenters. The van der Waals surface area contributed by atoms with E-state index in [9.17, 15) is 0 Å². The summed E-state index contributed by atoms with van der Waals surface area (Å²) in [6, 6.07) is 0. The van der Waals surface area contributed by atoms with Crippen molar-refractivity contribution in [2.75, 3.05) is 0 Å². The Bertz CT molecular complexity index is 11.6. The average Bonchev–Trinajstić information content (AvgIpc) is 0. The summed E-state index contributed by atoms with van der Waals surface area (Å²) in [5.41, 5.74) is 0. The molecule has 0 bridgehead atoms. The molecular formula is AuCrCuTiW. The topological polar surface area (TPSA) is 0 Å². The molecule has 5 heteroatoms. The molecule has 0 fully saturated rings. The van der Waals surface area contributed by atoms with E-state index >= 15 is 0 Å². The molecule has 38 valence electrons. The molecule has 0 spiro atoms. The maximum absolute atomic E-state index is 0. The van der Waals surface area contributed by atoms with E-state index in [4.69, 9.17) is 0 Å². The summed E-state index contributed by atoms with van der Waals surface area (Å²) in [7, 11) is 0. The van der Waals surface area contributed by atoms with Crippen LogP contribution in [0.15, 0.2) is 0 Å². The van der Waals surface area contributed by atoms with Gasteiger partial charge in [0.25, 0.3) is 0 Å². The van der Waals surface area contributed by atoms with Crippen molar-refractivity contribution < 1.29 is 99.6 Å². The van der Waals surface area contributed by atoms with E-state index in [1.807, 2.05) is 0 Å². The predicted molar refractivity (Wildman–Crippen MR) is 0 cm³/mol. The molecule has 2 radical (unpaired) electrons. The minimum atomic E-state index is 0. The van der Waals surface area contributed by atoms with Gasteiger partial charge in [0.05, 0.1) is 0 Å². The van der Waals surface area contributed by atoms with Crippen LogP contribution in [0.2, 0.25) is 0 Å². The fraction of sp³-hybridized carbons (Fsp3) is 0. The van der Waals surface area contributed by atoms with Gasteiger partial charge in [0.2, 0.25) is 0 Å². The molecule has 0 aliphatic heterocycles. The Morgan fingerprint density at radius 3 is 1.00 bits per heavy atom. The molecule has 0 aliphatic rings. The van der Waals surface area contributed by atoms with Crippen LogP contribution in [-0.4, -0.2) is 0 Å². The van der Waals surface area contributed by atoms with Gasteiger partial charge in [-0.05, 0) is 0 Å². The van der Waals surface area contributed by atoms with E-state index in [2.05, 4.69) is 0 Å². The number of hydrogen-bond acceptors (Lipinski definition) is 0. The minimum Gasteiger partial charge on any atom is 0 e. The Morgan fingerprint density at radius 1 is 1.00 bits per heavy atom. The van der Waals surface area contributed by atoms with Crippen LogP contribution >= 0.6 is 0 Å². The Balaban J connectivity index is 0. The molecular weight excluding hydrogens is 544 g/mol. The van der Waals surface area contributed by atoms with Crippen LogP contribution in [0.1, 0.15) is 0 Å². The van der Waals surface area contributed by atoms with Crippen LogP contribution in [0, 0.1) is 0 Å². The Labute approximate surface area is 97.9 Å². The zero-order valence-electron chi connectivity index (χ0n) is 1.92. The monoisotopic (exact) mass is 544 g/mol. The first kappa shape index (κ1) is 41.6. The van der Waals surface area contributed by atoms with E-state index < -0.39 is 0 Å². The molecule has 0 saturated carbocycles. The molecule has 0 unspecified atom stereocenters. The van der Waals surface area contributed by atoms with Crippen molar-refractivity contribution in [2.24, 2.45) is 0 Å². The second kappa shape index (κ2) is 27.1. The summed E-state index contributed by atoms with van der Waals surface area (Å²) in [6.45, 7) is 0. The van der Waals surface area contributed by atoms with Gasteiger partial charge in [0.15, 0.2) is 0 Å². The maximum Gasteiger partial charge on any atom is 0 e. The van der Waals surface area contributed by atoms with Crippen LogP contribution in [0.5, 0.6) is 0 Å². The second-order valence-corrected chi connectivity index (χ2v) is 0. The summed E-state index contributed by atoms with van der Waals surface area (Å²) in [5.74, 6) is 0. The first-order valence-electron chi connectivity index (χ1n) is 0. The molecule has 0 aromatic carbocycles. The second-order valence-electron chi connectivity index (χ2n) is 0. The Kier molecular flexibility index (Phi) is 225. The molecule has 0 rings (SSSR count). The van der Waals surface area contributed by atoms with Gasteiger partial charge in [-0.3, -0.25) is 0 Å². The molecule has 0 aromatic heterocycles. The third kappa shape index (κ3) is 19.0. The van der Waals surface area contributed by atoms with Crippen molar-refractivity contribution in [1.82, 2.24) is 0 Å². The smallest absolute Gasteiger partial charge is 0 e. The summed E-state index contributed by atoms with van der Waals surface area (Å²) in [6.07, 6.45) is 0. The van der Waals surface area contributed by atoms with Gasteiger partial charge in [-0.15, -0.1) is 0 Å². The SMILES string of the molecule is [Au].[Cr].[Cu].[Ti].[W]. The summed E-state index contributed by atoms with van der Waals surface area (Å²) < 4.78 is 0. The first-order valence-corrected chi connectivity index (χ1v) is 0. The van der Waals surface area contributed by atoms with Crippen LogP contribution in [0.3, 0.4) is 0 Å². The van der Waals surface area contributed by atoms with Gasteiger partial charge in [-0.25, -0.2) is 0 Å².